The largest absolute Gasteiger partial charge is 0.351 e. The van der Waals surface area contributed by atoms with E-state index in [9.17, 15) is 9.59 Å². The fourth-order valence-corrected chi connectivity index (χ4v) is 2.47. The van der Waals surface area contributed by atoms with Crippen molar-refractivity contribution in [3.05, 3.63) is 39.3 Å². The molecule has 0 spiro atoms. The molecular formula is C13H17N5O2S. The molecule has 7 nitrogen and oxygen atoms in total. The van der Waals surface area contributed by atoms with Crippen LogP contribution in [0.5, 0.6) is 0 Å². The summed E-state index contributed by atoms with van der Waals surface area (Å²) < 4.78 is 5.20. The summed E-state index contributed by atoms with van der Waals surface area (Å²) in [7, 11) is 0. The van der Waals surface area contributed by atoms with Gasteiger partial charge >= 0.3 is 0 Å². The van der Waals surface area contributed by atoms with Gasteiger partial charge in [0.25, 0.3) is 11.5 Å². The minimum absolute atomic E-state index is 0.138. The monoisotopic (exact) mass is 307 g/mol. The molecule has 2 heterocycles. The quantitative estimate of drug-likeness (QED) is 0.767. The van der Waals surface area contributed by atoms with E-state index in [-0.39, 0.29) is 11.5 Å². The fraction of sp³-hybridized carbons (Fsp3) is 0.462. The zero-order chi connectivity index (χ0) is 15.1. The van der Waals surface area contributed by atoms with Gasteiger partial charge in [0.1, 0.15) is 4.88 Å². The van der Waals surface area contributed by atoms with Crippen LogP contribution in [0.25, 0.3) is 0 Å². The van der Waals surface area contributed by atoms with Gasteiger partial charge in [-0.15, -0.1) is 5.10 Å². The Kier molecular flexibility index (Phi) is 5.56. The normalized spacial score (nSPS) is 10.5. The molecule has 112 valence electrons. The molecule has 0 fully saturated rings. The van der Waals surface area contributed by atoms with E-state index < -0.39 is 0 Å². The van der Waals surface area contributed by atoms with Crippen molar-refractivity contribution in [1.29, 1.82) is 0 Å². The average Bonchev–Trinajstić information content (AvgIpc) is 2.94. The zero-order valence-electron chi connectivity index (χ0n) is 11.8. The van der Waals surface area contributed by atoms with Crippen molar-refractivity contribution in [2.45, 2.75) is 32.7 Å². The van der Waals surface area contributed by atoms with Crippen molar-refractivity contribution in [1.82, 2.24) is 24.7 Å². The summed E-state index contributed by atoms with van der Waals surface area (Å²) in [6, 6.07) is 3.07. The van der Waals surface area contributed by atoms with Gasteiger partial charge in [0.15, 0.2) is 0 Å². The van der Waals surface area contributed by atoms with Crippen molar-refractivity contribution < 1.29 is 4.79 Å². The second-order valence-corrected chi connectivity index (χ2v) is 5.25. The Morgan fingerprint density at radius 3 is 3.10 bits per heavy atom. The van der Waals surface area contributed by atoms with Crippen LogP contribution in [-0.2, 0) is 13.0 Å². The van der Waals surface area contributed by atoms with E-state index >= 15 is 0 Å². The van der Waals surface area contributed by atoms with Gasteiger partial charge in [-0.2, -0.15) is 5.10 Å². The molecule has 2 aromatic heterocycles. The first-order chi connectivity index (χ1) is 10.2. The SMILES string of the molecule is CCCc1nnsc1C(=O)NCCCn1ncccc1=O. The molecule has 2 aromatic rings. The maximum absolute atomic E-state index is 12.0. The number of aryl methyl sites for hydroxylation is 2. The highest BCUT2D eigenvalue weighted by molar-refractivity contribution is 7.08. The van der Waals surface area contributed by atoms with Crippen LogP contribution in [0.4, 0.5) is 0 Å². The first-order valence-corrected chi connectivity index (χ1v) is 7.61. The van der Waals surface area contributed by atoms with Gasteiger partial charge in [-0.1, -0.05) is 17.8 Å². The van der Waals surface area contributed by atoms with Crippen LogP contribution in [0.15, 0.2) is 23.1 Å². The molecule has 1 amide bonds. The predicted molar refractivity (Wildman–Crippen MR) is 79.4 cm³/mol. The molecule has 21 heavy (non-hydrogen) atoms. The highest BCUT2D eigenvalue weighted by atomic mass is 32.1. The maximum Gasteiger partial charge on any atom is 0.266 e. The van der Waals surface area contributed by atoms with Gasteiger partial charge in [-0.05, 0) is 30.4 Å². The molecule has 8 heteroatoms. The number of nitrogens with zero attached hydrogens (tertiary/aromatic N) is 4. The van der Waals surface area contributed by atoms with E-state index in [2.05, 4.69) is 20.0 Å². The number of nitrogens with one attached hydrogen (secondary N) is 1. The Labute approximate surface area is 126 Å². The lowest BCUT2D eigenvalue weighted by atomic mass is 10.2. The van der Waals surface area contributed by atoms with E-state index in [4.69, 9.17) is 0 Å². The van der Waals surface area contributed by atoms with Gasteiger partial charge in [-0.3, -0.25) is 9.59 Å². The minimum Gasteiger partial charge on any atom is -0.351 e. The Bertz CT molecular complexity index is 652. The number of rotatable bonds is 7. The molecule has 0 unspecified atom stereocenters. The third kappa shape index (κ3) is 4.19. The smallest absolute Gasteiger partial charge is 0.266 e. The molecule has 0 saturated carbocycles. The van der Waals surface area contributed by atoms with E-state index in [1.165, 1.54) is 10.7 Å². The first kappa shape index (κ1) is 15.3. The third-order valence-corrected chi connectivity index (χ3v) is 3.63. The Balaban J connectivity index is 1.81. The summed E-state index contributed by atoms with van der Waals surface area (Å²) in [6.07, 6.45) is 3.88. The number of hydrogen-bond acceptors (Lipinski definition) is 6. The summed E-state index contributed by atoms with van der Waals surface area (Å²) in [5.74, 6) is -0.151. The second-order valence-electron chi connectivity index (χ2n) is 4.49. The lowest BCUT2D eigenvalue weighted by molar-refractivity contribution is 0.0955. The second kappa shape index (κ2) is 7.63. The molecule has 0 saturated heterocycles. The molecule has 0 aliphatic rings. The van der Waals surface area contributed by atoms with Gasteiger partial charge in [0, 0.05) is 25.4 Å². The summed E-state index contributed by atoms with van der Waals surface area (Å²) >= 11 is 1.11. The van der Waals surface area contributed by atoms with Gasteiger partial charge in [0.2, 0.25) is 0 Å². The van der Waals surface area contributed by atoms with E-state index in [0.717, 1.165) is 30.1 Å². The predicted octanol–water partition coefficient (Wildman–Crippen LogP) is 0.867. The number of hydrogen-bond donors (Lipinski definition) is 1. The van der Waals surface area contributed by atoms with Crippen LogP contribution in [0.3, 0.4) is 0 Å². The Hall–Kier alpha value is -2.09. The Morgan fingerprint density at radius 2 is 2.33 bits per heavy atom. The molecule has 0 bridgehead atoms. The maximum atomic E-state index is 12.0. The third-order valence-electron chi connectivity index (χ3n) is 2.87. The lowest BCUT2D eigenvalue weighted by Crippen LogP contribution is -2.27. The van der Waals surface area contributed by atoms with Crippen molar-refractivity contribution in [3.63, 3.8) is 0 Å². The van der Waals surface area contributed by atoms with Crippen LogP contribution in [0, 0.1) is 0 Å². The van der Waals surface area contributed by atoms with Gasteiger partial charge in [-0.25, -0.2) is 4.68 Å². The first-order valence-electron chi connectivity index (χ1n) is 6.84. The number of aromatic nitrogens is 4. The molecule has 0 atom stereocenters. The highest BCUT2D eigenvalue weighted by Crippen LogP contribution is 2.12. The van der Waals surface area contributed by atoms with Gasteiger partial charge in [0.05, 0.1) is 5.69 Å². The molecule has 1 N–H and O–H groups in total. The van der Waals surface area contributed by atoms with Crippen molar-refractivity contribution >= 4 is 17.4 Å². The van der Waals surface area contributed by atoms with Crippen LogP contribution >= 0.6 is 11.5 Å². The summed E-state index contributed by atoms with van der Waals surface area (Å²) in [6.45, 7) is 2.99. The molecular weight excluding hydrogens is 290 g/mol. The number of carbonyl (C=O) groups is 1. The van der Waals surface area contributed by atoms with Gasteiger partial charge < -0.3 is 5.32 Å². The highest BCUT2D eigenvalue weighted by Gasteiger charge is 2.14. The molecule has 0 aliphatic carbocycles. The molecule has 0 aliphatic heterocycles. The summed E-state index contributed by atoms with van der Waals surface area (Å²) in [5.41, 5.74) is 0.613. The lowest BCUT2D eigenvalue weighted by Gasteiger charge is -2.05. The summed E-state index contributed by atoms with van der Waals surface area (Å²) in [5, 5.41) is 10.7. The average molecular weight is 307 g/mol. The minimum atomic E-state index is -0.151. The van der Waals surface area contributed by atoms with Crippen LogP contribution < -0.4 is 10.9 Å². The number of carbonyl (C=O) groups excluding carboxylic acids is 1. The van der Waals surface area contributed by atoms with Crippen LogP contribution in [-0.4, -0.2) is 31.8 Å². The number of amides is 1. The fourth-order valence-electron chi connectivity index (χ4n) is 1.85. The van der Waals surface area contributed by atoms with Crippen LogP contribution in [0.1, 0.15) is 35.1 Å². The van der Waals surface area contributed by atoms with Crippen LogP contribution in [0.2, 0.25) is 0 Å². The molecule has 0 radical (unpaired) electrons. The molecule has 0 aromatic carbocycles. The van der Waals surface area contributed by atoms with E-state index in [1.54, 1.807) is 12.3 Å². The molecule has 2 rings (SSSR count). The Morgan fingerprint density at radius 1 is 1.48 bits per heavy atom. The standard InChI is InChI=1S/C13H17N5O2S/c1-2-5-10-12(21-17-16-10)13(20)14-7-4-9-18-11(19)6-3-8-15-18/h3,6,8H,2,4-5,7,9H2,1H3,(H,14,20). The van der Waals surface area contributed by atoms with Crippen molar-refractivity contribution in [3.8, 4) is 0 Å². The topological polar surface area (TPSA) is 89.8 Å². The van der Waals surface area contributed by atoms with E-state index in [1.807, 2.05) is 6.92 Å². The van der Waals surface area contributed by atoms with Crippen molar-refractivity contribution in [2.24, 2.45) is 0 Å². The summed E-state index contributed by atoms with van der Waals surface area (Å²) in [4.78, 5) is 24.0. The van der Waals surface area contributed by atoms with Crippen molar-refractivity contribution in [2.75, 3.05) is 6.54 Å². The van der Waals surface area contributed by atoms with E-state index in [0.29, 0.717) is 24.4 Å². The zero-order valence-corrected chi connectivity index (χ0v) is 12.6.